The molecule has 1 aromatic carbocycles. The van der Waals surface area contributed by atoms with Gasteiger partial charge in [-0.15, -0.1) is 0 Å². The maximum atomic E-state index is 11.2. The van der Waals surface area contributed by atoms with E-state index in [1.54, 1.807) is 24.3 Å². The summed E-state index contributed by atoms with van der Waals surface area (Å²) in [5, 5.41) is 11.4. The van der Waals surface area contributed by atoms with Crippen LogP contribution in [0.4, 0.5) is 5.69 Å². The van der Waals surface area contributed by atoms with E-state index < -0.39 is 0 Å². The van der Waals surface area contributed by atoms with Gasteiger partial charge in [-0.25, -0.2) is 0 Å². The van der Waals surface area contributed by atoms with Crippen molar-refractivity contribution in [3.05, 3.63) is 29.8 Å². The zero-order chi connectivity index (χ0) is 10.4. The SMILES string of the molecule is N#Cc1ccccc1NC(=O)CCS. The van der Waals surface area contributed by atoms with Crippen LogP contribution in [-0.4, -0.2) is 11.7 Å². The Morgan fingerprint density at radius 2 is 2.21 bits per heavy atom. The van der Waals surface area contributed by atoms with E-state index in [1.807, 2.05) is 6.07 Å². The van der Waals surface area contributed by atoms with E-state index in [0.29, 0.717) is 23.4 Å². The van der Waals surface area contributed by atoms with Crippen molar-refractivity contribution in [2.75, 3.05) is 11.1 Å². The first-order chi connectivity index (χ1) is 6.77. The molecule has 0 atom stereocenters. The Kier molecular flexibility index (Phi) is 4.02. The molecule has 0 spiro atoms. The van der Waals surface area contributed by atoms with Crippen LogP contribution in [0, 0.1) is 11.3 Å². The van der Waals surface area contributed by atoms with Crippen LogP contribution in [-0.2, 0) is 4.79 Å². The van der Waals surface area contributed by atoms with Gasteiger partial charge < -0.3 is 5.32 Å². The Balaban J connectivity index is 2.77. The number of carbonyl (C=O) groups is 1. The minimum Gasteiger partial charge on any atom is -0.325 e. The number of amides is 1. The summed E-state index contributed by atoms with van der Waals surface area (Å²) < 4.78 is 0. The van der Waals surface area contributed by atoms with Gasteiger partial charge >= 0.3 is 0 Å². The number of rotatable bonds is 3. The molecule has 1 aromatic rings. The first-order valence-electron chi connectivity index (χ1n) is 4.17. The van der Waals surface area contributed by atoms with Crippen molar-refractivity contribution < 1.29 is 4.79 Å². The smallest absolute Gasteiger partial charge is 0.225 e. The lowest BCUT2D eigenvalue weighted by atomic mass is 10.2. The molecule has 3 nitrogen and oxygen atoms in total. The normalized spacial score (nSPS) is 9.14. The zero-order valence-electron chi connectivity index (χ0n) is 7.53. The first kappa shape index (κ1) is 10.6. The number of hydrogen-bond donors (Lipinski definition) is 2. The van der Waals surface area contributed by atoms with Crippen LogP contribution in [0.2, 0.25) is 0 Å². The highest BCUT2D eigenvalue weighted by Crippen LogP contribution is 2.13. The molecule has 0 unspecified atom stereocenters. The molecule has 0 saturated carbocycles. The second-order valence-corrected chi connectivity index (χ2v) is 3.13. The summed E-state index contributed by atoms with van der Waals surface area (Å²) in [5.74, 6) is 0.378. The van der Waals surface area contributed by atoms with Crippen molar-refractivity contribution in [3.63, 3.8) is 0 Å². The van der Waals surface area contributed by atoms with Crippen molar-refractivity contribution in [1.29, 1.82) is 5.26 Å². The van der Waals surface area contributed by atoms with Crippen LogP contribution < -0.4 is 5.32 Å². The van der Waals surface area contributed by atoms with Crippen molar-refractivity contribution in [2.24, 2.45) is 0 Å². The van der Waals surface area contributed by atoms with Crippen molar-refractivity contribution in [2.45, 2.75) is 6.42 Å². The number of hydrogen-bond acceptors (Lipinski definition) is 3. The van der Waals surface area contributed by atoms with E-state index in [2.05, 4.69) is 17.9 Å². The van der Waals surface area contributed by atoms with Crippen LogP contribution in [0.25, 0.3) is 0 Å². The minimum absolute atomic E-state index is 0.122. The van der Waals surface area contributed by atoms with Gasteiger partial charge in [0.05, 0.1) is 11.3 Å². The van der Waals surface area contributed by atoms with Gasteiger partial charge in [0.1, 0.15) is 6.07 Å². The predicted molar refractivity (Wildman–Crippen MR) is 58.3 cm³/mol. The number of anilines is 1. The molecule has 14 heavy (non-hydrogen) atoms. The zero-order valence-corrected chi connectivity index (χ0v) is 8.42. The van der Waals surface area contributed by atoms with Crippen molar-refractivity contribution in [1.82, 2.24) is 0 Å². The third kappa shape index (κ3) is 2.79. The van der Waals surface area contributed by atoms with Crippen LogP contribution in [0.15, 0.2) is 24.3 Å². The van der Waals surface area contributed by atoms with Gasteiger partial charge in [0.2, 0.25) is 5.91 Å². The molecule has 0 saturated heterocycles. The van der Waals surface area contributed by atoms with Crippen LogP contribution in [0.1, 0.15) is 12.0 Å². The molecule has 0 aliphatic rings. The highest BCUT2D eigenvalue weighted by molar-refractivity contribution is 7.80. The third-order valence-electron chi connectivity index (χ3n) is 1.66. The lowest BCUT2D eigenvalue weighted by molar-refractivity contribution is -0.115. The summed E-state index contributed by atoms with van der Waals surface area (Å²) in [7, 11) is 0. The Labute approximate surface area is 88.2 Å². The number of nitriles is 1. The summed E-state index contributed by atoms with van der Waals surface area (Å²) in [6, 6.07) is 8.91. The van der Waals surface area contributed by atoms with Gasteiger partial charge in [-0.05, 0) is 17.9 Å². The quantitative estimate of drug-likeness (QED) is 0.741. The Bertz CT molecular complexity index is 371. The Hall–Kier alpha value is -1.47. The molecule has 1 amide bonds. The minimum atomic E-state index is -0.122. The monoisotopic (exact) mass is 206 g/mol. The van der Waals surface area contributed by atoms with Gasteiger partial charge in [0.15, 0.2) is 0 Å². The Morgan fingerprint density at radius 1 is 1.50 bits per heavy atom. The van der Waals surface area contributed by atoms with Gasteiger partial charge in [-0.2, -0.15) is 17.9 Å². The van der Waals surface area contributed by atoms with E-state index >= 15 is 0 Å². The topological polar surface area (TPSA) is 52.9 Å². The highest BCUT2D eigenvalue weighted by Gasteiger charge is 2.04. The molecule has 1 rings (SSSR count). The fourth-order valence-corrected chi connectivity index (χ4v) is 1.21. The molecule has 0 fully saturated rings. The standard InChI is InChI=1S/C10H10N2OS/c11-7-8-3-1-2-4-9(8)12-10(13)5-6-14/h1-4,14H,5-6H2,(H,12,13). The van der Waals surface area contributed by atoms with E-state index in [0.717, 1.165) is 0 Å². The maximum Gasteiger partial charge on any atom is 0.225 e. The number of benzene rings is 1. The summed E-state index contributed by atoms with van der Waals surface area (Å²) in [6.07, 6.45) is 0.350. The highest BCUT2D eigenvalue weighted by atomic mass is 32.1. The number of para-hydroxylation sites is 1. The summed E-state index contributed by atoms with van der Waals surface area (Å²) >= 11 is 3.95. The average molecular weight is 206 g/mol. The molecule has 0 radical (unpaired) electrons. The van der Waals surface area contributed by atoms with Gasteiger partial charge in [0.25, 0.3) is 0 Å². The van der Waals surface area contributed by atoms with Gasteiger partial charge in [-0.1, -0.05) is 12.1 Å². The largest absolute Gasteiger partial charge is 0.325 e. The second kappa shape index (κ2) is 5.30. The molecule has 0 heterocycles. The molecule has 0 aliphatic heterocycles. The molecule has 72 valence electrons. The molecular weight excluding hydrogens is 196 g/mol. The van der Waals surface area contributed by atoms with E-state index in [-0.39, 0.29) is 5.91 Å². The van der Waals surface area contributed by atoms with Crippen LogP contribution >= 0.6 is 12.6 Å². The predicted octanol–water partition coefficient (Wildman–Crippen LogP) is 1.82. The van der Waals surface area contributed by atoms with Crippen LogP contribution in [0.3, 0.4) is 0 Å². The number of thiol groups is 1. The van der Waals surface area contributed by atoms with Crippen molar-refractivity contribution in [3.8, 4) is 6.07 Å². The number of nitrogens with zero attached hydrogens (tertiary/aromatic N) is 1. The fourth-order valence-electron chi connectivity index (χ4n) is 1.00. The van der Waals surface area contributed by atoms with Gasteiger partial charge in [0, 0.05) is 6.42 Å². The molecular formula is C10H10N2OS. The average Bonchev–Trinajstić information content (AvgIpc) is 2.19. The van der Waals surface area contributed by atoms with Crippen LogP contribution in [0.5, 0.6) is 0 Å². The van der Waals surface area contributed by atoms with Gasteiger partial charge in [-0.3, -0.25) is 4.79 Å². The summed E-state index contributed by atoms with van der Waals surface area (Å²) in [6.45, 7) is 0. The lowest BCUT2D eigenvalue weighted by Gasteiger charge is -2.04. The third-order valence-corrected chi connectivity index (χ3v) is 1.88. The maximum absolute atomic E-state index is 11.2. The molecule has 0 bridgehead atoms. The molecule has 1 N–H and O–H groups in total. The molecule has 0 aromatic heterocycles. The fraction of sp³-hybridized carbons (Fsp3) is 0.200. The van der Waals surface area contributed by atoms with E-state index in [1.165, 1.54) is 0 Å². The Morgan fingerprint density at radius 3 is 2.86 bits per heavy atom. The van der Waals surface area contributed by atoms with E-state index in [4.69, 9.17) is 5.26 Å². The summed E-state index contributed by atoms with van der Waals surface area (Å²) in [4.78, 5) is 11.2. The van der Waals surface area contributed by atoms with E-state index in [9.17, 15) is 4.79 Å². The van der Waals surface area contributed by atoms with Crippen molar-refractivity contribution >= 4 is 24.2 Å². The molecule has 0 aliphatic carbocycles. The first-order valence-corrected chi connectivity index (χ1v) is 4.81. The second-order valence-electron chi connectivity index (χ2n) is 2.68. The molecule has 4 heteroatoms. The number of nitrogens with one attached hydrogen (secondary N) is 1. The lowest BCUT2D eigenvalue weighted by Crippen LogP contribution is -2.12. The number of carbonyl (C=O) groups excluding carboxylic acids is 1. The summed E-state index contributed by atoms with van der Waals surface area (Å²) in [5.41, 5.74) is 1.03.